The normalized spacial score (nSPS) is 11.9. The van der Waals surface area contributed by atoms with Gasteiger partial charge in [0.2, 0.25) is 5.91 Å². The summed E-state index contributed by atoms with van der Waals surface area (Å²) in [7, 11) is 0. The number of primary amides is 1. The van der Waals surface area contributed by atoms with Crippen molar-refractivity contribution in [2.24, 2.45) is 5.73 Å². The van der Waals surface area contributed by atoms with Crippen LogP contribution in [0.25, 0.3) is 0 Å². The highest BCUT2D eigenvalue weighted by atomic mass is 19.1. The second-order valence-corrected chi connectivity index (χ2v) is 4.34. The summed E-state index contributed by atoms with van der Waals surface area (Å²) in [5.74, 6) is -0.796. The Hall–Kier alpha value is -2.36. The molecule has 1 unspecified atom stereocenters. The van der Waals surface area contributed by atoms with Crippen molar-refractivity contribution < 1.29 is 9.18 Å². The molecule has 1 amide bonds. The number of carbonyl (C=O) groups is 1. The molecule has 2 rings (SSSR count). The molecule has 0 aliphatic carbocycles. The topological polar surface area (TPSA) is 55.1 Å². The van der Waals surface area contributed by atoms with Crippen LogP contribution in [0, 0.1) is 12.7 Å². The Labute approximate surface area is 111 Å². The van der Waals surface area contributed by atoms with E-state index in [1.54, 1.807) is 12.1 Å². The third-order valence-electron chi connectivity index (χ3n) is 2.94. The average molecular weight is 258 g/mol. The third-order valence-corrected chi connectivity index (χ3v) is 2.94. The summed E-state index contributed by atoms with van der Waals surface area (Å²) in [5.41, 5.74) is 7.88. The molecule has 2 aromatic carbocycles. The minimum absolute atomic E-state index is 0.322. The second-order valence-electron chi connectivity index (χ2n) is 4.34. The number of nitrogens with one attached hydrogen (secondary N) is 1. The molecule has 0 fully saturated rings. The smallest absolute Gasteiger partial charge is 0.244 e. The van der Waals surface area contributed by atoms with Crippen molar-refractivity contribution in [2.45, 2.75) is 13.0 Å². The summed E-state index contributed by atoms with van der Waals surface area (Å²) in [5, 5.41) is 3.02. The Morgan fingerprint density at radius 2 is 1.79 bits per heavy atom. The number of hydrogen-bond donors (Lipinski definition) is 2. The summed E-state index contributed by atoms with van der Waals surface area (Å²) < 4.78 is 12.9. The summed E-state index contributed by atoms with van der Waals surface area (Å²) in [6.45, 7) is 1.91. The fraction of sp³-hybridized carbons (Fsp3) is 0.133. The number of hydrogen-bond acceptors (Lipinski definition) is 2. The van der Waals surface area contributed by atoms with Gasteiger partial charge in [-0.25, -0.2) is 4.39 Å². The standard InChI is InChI=1S/C15H15FN2O/c1-10-4-2-3-5-13(10)14(15(17)19)18-12-8-6-11(16)7-9-12/h2-9,14,18H,1H3,(H2,17,19). The average Bonchev–Trinajstić information content (AvgIpc) is 2.39. The molecule has 3 nitrogen and oxygen atoms in total. The molecule has 0 aromatic heterocycles. The largest absolute Gasteiger partial charge is 0.370 e. The minimum atomic E-state index is -0.633. The third kappa shape index (κ3) is 3.10. The Balaban J connectivity index is 2.29. The maximum Gasteiger partial charge on any atom is 0.244 e. The van der Waals surface area contributed by atoms with E-state index in [1.807, 2.05) is 31.2 Å². The van der Waals surface area contributed by atoms with Crippen LogP contribution in [0.5, 0.6) is 0 Å². The molecule has 0 radical (unpaired) electrons. The molecule has 0 saturated carbocycles. The van der Waals surface area contributed by atoms with E-state index < -0.39 is 11.9 Å². The Morgan fingerprint density at radius 1 is 1.16 bits per heavy atom. The fourth-order valence-electron chi connectivity index (χ4n) is 1.93. The van der Waals surface area contributed by atoms with Crippen LogP contribution in [-0.2, 0) is 4.79 Å². The van der Waals surface area contributed by atoms with Gasteiger partial charge in [0.25, 0.3) is 0 Å². The monoisotopic (exact) mass is 258 g/mol. The zero-order valence-electron chi connectivity index (χ0n) is 10.6. The lowest BCUT2D eigenvalue weighted by atomic mass is 10.0. The van der Waals surface area contributed by atoms with Crippen LogP contribution in [0.1, 0.15) is 17.2 Å². The molecule has 98 valence electrons. The quantitative estimate of drug-likeness (QED) is 0.886. The highest BCUT2D eigenvalue weighted by molar-refractivity contribution is 5.84. The molecule has 0 aliphatic rings. The highest BCUT2D eigenvalue weighted by Crippen LogP contribution is 2.22. The number of amides is 1. The van der Waals surface area contributed by atoms with E-state index in [1.165, 1.54) is 12.1 Å². The summed E-state index contributed by atoms with van der Waals surface area (Å²) >= 11 is 0. The molecule has 19 heavy (non-hydrogen) atoms. The number of carbonyl (C=O) groups excluding carboxylic acids is 1. The van der Waals surface area contributed by atoms with E-state index in [0.29, 0.717) is 5.69 Å². The molecule has 0 saturated heterocycles. The number of aryl methyl sites for hydroxylation is 1. The van der Waals surface area contributed by atoms with Gasteiger partial charge in [-0.2, -0.15) is 0 Å². The maximum atomic E-state index is 12.9. The first-order chi connectivity index (χ1) is 9.08. The van der Waals surface area contributed by atoms with Crippen molar-refractivity contribution in [3.8, 4) is 0 Å². The van der Waals surface area contributed by atoms with Gasteiger partial charge in [-0.05, 0) is 42.3 Å². The van der Waals surface area contributed by atoms with Gasteiger partial charge in [0.1, 0.15) is 11.9 Å². The number of nitrogens with two attached hydrogens (primary N) is 1. The molecule has 4 heteroatoms. The lowest BCUT2D eigenvalue weighted by Crippen LogP contribution is -2.28. The molecular weight excluding hydrogens is 243 g/mol. The molecule has 0 heterocycles. The van der Waals surface area contributed by atoms with E-state index >= 15 is 0 Å². The van der Waals surface area contributed by atoms with Crippen LogP contribution < -0.4 is 11.1 Å². The number of rotatable bonds is 4. The number of anilines is 1. The highest BCUT2D eigenvalue weighted by Gasteiger charge is 2.19. The summed E-state index contributed by atoms with van der Waals surface area (Å²) in [6.07, 6.45) is 0. The van der Waals surface area contributed by atoms with Gasteiger partial charge in [-0.15, -0.1) is 0 Å². The van der Waals surface area contributed by atoms with Crippen LogP contribution in [0.3, 0.4) is 0 Å². The van der Waals surface area contributed by atoms with Crippen molar-refractivity contribution in [2.75, 3.05) is 5.32 Å². The van der Waals surface area contributed by atoms with Crippen LogP contribution in [0.15, 0.2) is 48.5 Å². The SMILES string of the molecule is Cc1ccccc1C(Nc1ccc(F)cc1)C(N)=O. The Kier molecular flexibility index (Phi) is 3.80. The fourth-order valence-corrected chi connectivity index (χ4v) is 1.93. The van der Waals surface area contributed by atoms with Gasteiger partial charge >= 0.3 is 0 Å². The van der Waals surface area contributed by atoms with Crippen LogP contribution in [0.4, 0.5) is 10.1 Å². The van der Waals surface area contributed by atoms with Gasteiger partial charge < -0.3 is 11.1 Å². The van der Waals surface area contributed by atoms with Crippen molar-refractivity contribution >= 4 is 11.6 Å². The van der Waals surface area contributed by atoms with E-state index in [4.69, 9.17) is 5.73 Å². The molecule has 0 aliphatic heterocycles. The molecule has 0 bridgehead atoms. The Bertz CT molecular complexity index is 581. The summed E-state index contributed by atoms with van der Waals surface area (Å²) in [4.78, 5) is 11.6. The van der Waals surface area contributed by atoms with Crippen LogP contribution in [-0.4, -0.2) is 5.91 Å². The zero-order valence-corrected chi connectivity index (χ0v) is 10.6. The van der Waals surface area contributed by atoms with Crippen molar-refractivity contribution in [1.82, 2.24) is 0 Å². The van der Waals surface area contributed by atoms with Crippen molar-refractivity contribution in [3.05, 3.63) is 65.5 Å². The van der Waals surface area contributed by atoms with Gasteiger partial charge in [-0.1, -0.05) is 24.3 Å². The lowest BCUT2D eigenvalue weighted by molar-refractivity contribution is -0.118. The first-order valence-electron chi connectivity index (χ1n) is 5.95. The van der Waals surface area contributed by atoms with Gasteiger partial charge in [0.05, 0.1) is 0 Å². The first kappa shape index (κ1) is 13.1. The Morgan fingerprint density at radius 3 is 2.37 bits per heavy atom. The van der Waals surface area contributed by atoms with Crippen molar-refractivity contribution in [3.63, 3.8) is 0 Å². The lowest BCUT2D eigenvalue weighted by Gasteiger charge is -2.19. The van der Waals surface area contributed by atoms with Gasteiger partial charge in [-0.3, -0.25) is 4.79 Å². The van der Waals surface area contributed by atoms with Crippen molar-refractivity contribution in [1.29, 1.82) is 0 Å². The van der Waals surface area contributed by atoms with Gasteiger partial charge in [0, 0.05) is 5.69 Å². The zero-order chi connectivity index (χ0) is 13.8. The van der Waals surface area contributed by atoms with Crippen LogP contribution >= 0.6 is 0 Å². The summed E-state index contributed by atoms with van der Waals surface area (Å²) in [6, 6.07) is 12.7. The molecule has 1 atom stereocenters. The predicted molar refractivity (Wildman–Crippen MR) is 73.1 cm³/mol. The van der Waals surface area contributed by atoms with Crippen LogP contribution in [0.2, 0.25) is 0 Å². The second kappa shape index (κ2) is 5.52. The predicted octanol–water partition coefficient (Wildman–Crippen LogP) is 2.77. The maximum absolute atomic E-state index is 12.9. The van der Waals surface area contributed by atoms with E-state index in [2.05, 4.69) is 5.32 Å². The minimum Gasteiger partial charge on any atom is -0.370 e. The number of halogens is 1. The molecule has 3 N–H and O–H groups in total. The number of benzene rings is 2. The molecular formula is C15H15FN2O. The first-order valence-corrected chi connectivity index (χ1v) is 5.95. The van der Waals surface area contributed by atoms with Gasteiger partial charge in [0.15, 0.2) is 0 Å². The molecule has 2 aromatic rings. The van der Waals surface area contributed by atoms with E-state index in [0.717, 1.165) is 11.1 Å². The van der Waals surface area contributed by atoms with E-state index in [-0.39, 0.29) is 5.82 Å². The van der Waals surface area contributed by atoms with E-state index in [9.17, 15) is 9.18 Å². The molecule has 0 spiro atoms.